The molecular formula is C10H12FN3. The fourth-order valence-electron chi connectivity index (χ4n) is 1.69. The van der Waals surface area contributed by atoms with Crippen molar-refractivity contribution >= 4 is 10.9 Å². The molecule has 0 aliphatic rings. The van der Waals surface area contributed by atoms with E-state index in [2.05, 4.69) is 5.10 Å². The monoisotopic (exact) mass is 193 g/mol. The van der Waals surface area contributed by atoms with Gasteiger partial charge in [-0.2, -0.15) is 5.10 Å². The lowest BCUT2D eigenvalue weighted by atomic mass is 10.1. The van der Waals surface area contributed by atoms with Gasteiger partial charge in [-0.05, 0) is 18.7 Å². The van der Waals surface area contributed by atoms with Gasteiger partial charge < -0.3 is 5.73 Å². The summed E-state index contributed by atoms with van der Waals surface area (Å²) in [6.07, 6.45) is 0.647. The molecule has 4 heteroatoms. The molecule has 0 spiro atoms. The highest BCUT2D eigenvalue weighted by Crippen LogP contribution is 2.20. The summed E-state index contributed by atoms with van der Waals surface area (Å²) in [7, 11) is 1.81. The number of rotatable bonds is 2. The van der Waals surface area contributed by atoms with Gasteiger partial charge in [-0.15, -0.1) is 0 Å². The average Bonchev–Trinajstić information content (AvgIpc) is 2.45. The lowest BCUT2D eigenvalue weighted by Crippen LogP contribution is -2.07. The number of hydrogen-bond acceptors (Lipinski definition) is 2. The van der Waals surface area contributed by atoms with Crippen LogP contribution in [-0.4, -0.2) is 16.3 Å². The summed E-state index contributed by atoms with van der Waals surface area (Å²) in [6.45, 7) is 0.503. The van der Waals surface area contributed by atoms with Crippen LogP contribution in [0.15, 0.2) is 18.2 Å². The topological polar surface area (TPSA) is 43.8 Å². The molecule has 3 nitrogen and oxygen atoms in total. The van der Waals surface area contributed by atoms with E-state index in [0.29, 0.717) is 23.9 Å². The number of aryl methyl sites for hydroxylation is 1. The lowest BCUT2D eigenvalue weighted by molar-refractivity contribution is 0.636. The maximum atomic E-state index is 13.5. The highest BCUT2D eigenvalue weighted by atomic mass is 19.1. The first-order chi connectivity index (χ1) is 6.74. The number of benzene rings is 1. The summed E-state index contributed by atoms with van der Waals surface area (Å²) in [5.74, 6) is -0.223. The van der Waals surface area contributed by atoms with Crippen LogP contribution in [0.1, 0.15) is 5.69 Å². The second kappa shape index (κ2) is 3.38. The van der Waals surface area contributed by atoms with Crippen LogP contribution in [-0.2, 0) is 13.5 Å². The third-order valence-electron chi connectivity index (χ3n) is 2.31. The van der Waals surface area contributed by atoms with Crippen LogP contribution in [0.25, 0.3) is 10.9 Å². The van der Waals surface area contributed by atoms with Crippen LogP contribution in [0, 0.1) is 5.82 Å². The van der Waals surface area contributed by atoms with Crippen LogP contribution in [0.2, 0.25) is 0 Å². The Morgan fingerprint density at radius 3 is 3.00 bits per heavy atom. The van der Waals surface area contributed by atoms with Crippen LogP contribution in [0.3, 0.4) is 0 Å². The highest BCUT2D eigenvalue weighted by Gasteiger charge is 2.11. The first kappa shape index (κ1) is 9.15. The lowest BCUT2D eigenvalue weighted by Gasteiger charge is -1.99. The zero-order valence-electron chi connectivity index (χ0n) is 8.00. The molecule has 1 aromatic carbocycles. The molecule has 1 aromatic heterocycles. The van der Waals surface area contributed by atoms with Gasteiger partial charge in [-0.3, -0.25) is 4.68 Å². The molecule has 0 bridgehead atoms. The van der Waals surface area contributed by atoms with Crippen molar-refractivity contribution in [3.8, 4) is 0 Å². The number of aromatic nitrogens is 2. The van der Waals surface area contributed by atoms with Gasteiger partial charge >= 0.3 is 0 Å². The first-order valence-corrected chi connectivity index (χ1v) is 4.54. The third kappa shape index (κ3) is 1.28. The predicted octanol–water partition coefficient (Wildman–Crippen LogP) is 1.21. The molecule has 0 unspecified atom stereocenters. The number of hydrogen-bond donors (Lipinski definition) is 1. The van der Waals surface area contributed by atoms with Crippen molar-refractivity contribution in [3.05, 3.63) is 29.7 Å². The minimum absolute atomic E-state index is 0.223. The molecule has 0 amide bonds. The highest BCUT2D eigenvalue weighted by molar-refractivity contribution is 5.82. The molecular weight excluding hydrogens is 181 g/mol. The molecule has 2 rings (SSSR count). The van der Waals surface area contributed by atoms with Crippen LogP contribution < -0.4 is 5.73 Å². The summed E-state index contributed by atoms with van der Waals surface area (Å²) < 4.78 is 15.2. The van der Waals surface area contributed by atoms with Gasteiger partial charge in [0, 0.05) is 13.5 Å². The first-order valence-electron chi connectivity index (χ1n) is 4.54. The normalized spacial score (nSPS) is 11.1. The SMILES string of the molecule is Cn1nc2cccc(F)c2c1CCN. The Balaban J connectivity index is 2.73. The third-order valence-corrected chi connectivity index (χ3v) is 2.31. The van der Waals surface area contributed by atoms with E-state index in [1.54, 1.807) is 16.8 Å². The maximum Gasteiger partial charge on any atom is 0.134 e. The predicted molar refractivity (Wildman–Crippen MR) is 53.4 cm³/mol. The van der Waals surface area contributed by atoms with E-state index in [1.165, 1.54) is 6.07 Å². The smallest absolute Gasteiger partial charge is 0.134 e. The average molecular weight is 193 g/mol. The number of nitrogens with two attached hydrogens (primary N) is 1. The molecule has 14 heavy (non-hydrogen) atoms. The van der Waals surface area contributed by atoms with E-state index in [4.69, 9.17) is 5.73 Å². The number of halogens is 1. The summed E-state index contributed by atoms with van der Waals surface area (Å²) in [5, 5.41) is 4.81. The fourth-order valence-corrected chi connectivity index (χ4v) is 1.69. The van der Waals surface area contributed by atoms with Crippen molar-refractivity contribution in [3.63, 3.8) is 0 Å². The standard InChI is InChI=1S/C10H12FN3/c1-14-9(5-6-12)10-7(11)3-2-4-8(10)13-14/h2-4H,5-6,12H2,1H3. The van der Waals surface area contributed by atoms with E-state index >= 15 is 0 Å². The van der Waals surface area contributed by atoms with Crippen LogP contribution >= 0.6 is 0 Å². The van der Waals surface area contributed by atoms with Crippen LogP contribution in [0.5, 0.6) is 0 Å². The zero-order valence-corrected chi connectivity index (χ0v) is 8.00. The molecule has 0 aliphatic heterocycles. The Morgan fingerprint density at radius 2 is 2.29 bits per heavy atom. The molecule has 0 atom stereocenters. The second-order valence-corrected chi connectivity index (χ2v) is 3.24. The van der Waals surface area contributed by atoms with Crippen LogP contribution in [0.4, 0.5) is 4.39 Å². The quantitative estimate of drug-likeness (QED) is 0.779. The Hall–Kier alpha value is -1.42. The van der Waals surface area contributed by atoms with Crippen molar-refractivity contribution in [1.82, 2.24) is 9.78 Å². The molecule has 2 N–H and O–H groups in total. The van der Waals surface area contributed by atoms with Gasteiger partial charge in [0.25, 0.3) is 0 Å². The minimum Gasteiger partial charge on any atom is -0.330 e. The molecule has 74 valence electrons. The summed E-state index contributed by atoms with van der Waals surface area (Å²) in [5.41, 5.74) is 7.02. The Morgan fingerprint density at radius 1 is 1.50 bits per heavy atom. The second-order valence-electron chi connectivity index (χ2n) is 3.24. The Bertz CT molecular complexity index is 462. The van der Waals surface area contributed by atoms with Crippen molar-refractivity contribution in [2.75, 3.05) is 6.54 Å². The summed E-state index contributed by atoms with van der Waals surface area (Å²) in [4.78, 5) is 0. The molecule has 0 fully saturated rings. The Labute approximate surface area is 81.3 Å². The van der Waals surface area contributed by atoms with E-state index in [-0.39, 0.29) is 5.82 Å². The van der Waals surface area contributed by atoms with E-state index in [9.17, 15) is 4.39 Å². The molecule has 2 aromatic rings. The molecule has 0 saturated heterocycles. The van der Waals surface area contributed by atoms with Gasteiger partial charge in [0.05, 0.1) is 16.6 Å². The van der Waals surface area contributed by atoms with Crippen molar-refractivity contribution in [2.45, 2.75) is 6.42 Å². The van der Waals surface area contributed by atoms with E-state index < -0.39 is 0 Å². The van der Waals surface area contributed by atoms with Crippen molar-refractivity contribution in [1.29, 1.82) is 0 Å². The van der Waals surface area contributed by atoms with Crippen molar-refractivity contribution in [2.24, 2.45) is 12.8 Å². The Kier molecular flexibility index (Phi) is 2.21. The fraction of sp³-hybridized carbons (Fsp3) is 0.300. The van der Waals surface area contributed by atoms with E-state index in [0.717, 1.165) is 5.69 Å². The number of nitrogens with zero attached hydrogens (tertiary/aromatic N) is 2. The maximum absolute atomic E-state index is 13.5. The van der Waals surface area contributed by atoms with Gasteiger partial charge in [-0.25, -0.2) is 4.39 Å². The molecule has 0 radical (unpaired) electrons. The minimum atomic E-state index is -0.223. The van der Waals surface area contributed by atoms with Gasteiger partial charge in [0.2, 0.25) is 0 Å². The van der Waals surface area contributed by atoms with Gasteiger partial charge in [-0.1, -0.05) is 6.07 Å². The van der Waals surface area contributed by atoms with Crippen molar-refractivity contribution < 1.29 is 4.39 Å². The largest absolute Gasteiger partial charge is 0.330 e. The van der Waals surface area contributed by atoms with Gasteiger partial charge in [0.15, 0.2) is 0 Å². The molecule has 1 heterocycles. The number of fused-ring (bicyclic) bond motifs is 1. The van der Waals surface area contributed by atoms with Gasteiger partial charge in [0.1, 0.15) is 5.82 Å². The zero-order chi connectivity index (χ0) is 10.1. The van der Waals surface area contributed by atoms with E-state index in [1.807, 2.05) is 7.05 Å². The molecule has 0 aliphatic carbocycles. The summed E-state index contributed by atoms with van der Waals surface area (Å²) >= 11 is 0. The summed E-state index contributed by atoms with van der Waals surface area (Å²) in [6, 6.07) is 4.92. The molecule has 0 saturated carbocycles.